The molecule has 3 aromatic heterocycles. The summed E-state index contributed by atoms with van der Waals surface area (Å²) in [6, 6.07) is 20.9. The third-order valence-electron chi connectivity index (χ3n) is 5.85. The van der Waals surface area contributed by atoms with Crippen molar-refractivity contribution in [1.29, 1.82) is 0 Å². The summed E-state index contributed by atoms with van der Waals surface area (Å²) in [5.74, 6) is 1.19. The lowest BCUT2D eigenvalue weighted by molar-refractivity contribution is -0.114. The van der Waals surface area contributed by atoms with Gasteiger partial charge in [0.05, 0.1) is 24.5 Å². The van der Waals surface area contributed by atoms with E-state index in [1.54, 1.807) is 19.5 Å². The molecule has 4 heterocycles. The molecule has 1 aliphatic heterocycles. The van der Waals surface area contributed by atoms with Crippen LogP contribution in [0.15, 0.2) is 85.3 Å². The molecule has 2 atom stereocenters. The molecule has 1 aromatic carbocycles. The topological polar surface area (TPSA) is 84.3 Å². The average molecular weight is 485 g/mol. The molecule has 1 saturated heterocycles. The number of nitrogens with zero attached hydrogens (tertiary/aromatic N) is 4. The van der Waals surface area contributed by atoms with E-state index < -0.39 is 0 Å². The van der Waals surface area contributed by atoms with Crippen LogP contribution in [0.5, 0.6) is 5.75 Å². The van der Waals surface area contributed by atoms with Crippen LogP contribution in [-0.4, -0.2) is 32.7 Å². The van der Waals surface area contributed by atoms with Crippen molar-refractivity contribution in [3.05, 3.63) is 96.7 Å². The first kappa shape index (κ1) is 22.5. The van der Waals surface area contributed by atoms with Crippen LogP contribution in [0.1, 0.15) is 30.4 Å². The summed E-state index contributed by atoms with van der Waals surface area (Å²) in [6.07, 6.45) is 5.54. The molecule has 0 bridgehead atoms. The Morgan fingerprint density at radius 3 is 2.54 bits per heavy atom. The third-order valence-corrected chi connectivity index (χ3v) is 6.16. The number of hydrogen-bond acceptors (Lipinski definition) is 5. The molecule has 9 heteroatoms. The first-order valence-electron chi connectivity index (χ1n) is 11.1. The van der Waals surface area contributed by atoms with Gasteiger partial charge in [-0.05, 0) is 66.8 Å². The molecule has 4 aromatic rings. The minimum Gasteiger partial charge on any atom is -0.495 e. The van der Waals surface area contributed by atoms with Gasteiger partial charge < -0.3 is 24.8 Å². The van der Waals surface area contributed by atoms with Crippen LogP contribution in [-0.2, 0) is 4.79 Å². The van der Waals surface area contributed by atoms with Gasteiger partial charge in [-0.15, -0.1) is 0 Å². The van der Waals surface area contributed by atoms with Gasteiger partial charge in [0.15, 0.2) is 5.11 Å². The molecular weight excluding hydrogens is 460 g/mol. The maximum absolute atomic E-state index is 11.8. The molecule has 2 N–H and O–H groups in total. The molecule has 35 heavy (non-hydrogen) atoms. The van der Waals surface area contributed by atoms with E-state index in [1.807, 2.05) is 71.8 Å². The fourth-order valence-corrected chi connectivity index (χ4v) is 4.75. The van der Waals surface area contributed by atoms with Gasteiger partial charge >= 0.3 is 0 Å². The van der Waals surface area contributed by atoms with Gasteiger partial charge in [-0.25, -0.2) is 4.98 Å². The van der Waals surface area contributed by atoms with Crippen molar-refractivity contribution in [3.63, 3.8) is 0 Å². The number of amides is 1. The Morgan fingerprint density at radius 1 is 1.06 bits per heavy atom. The van der Waals surface area contributed by atoms with Crippen molar-refractivity contribution in [2.75, 3.05) is 17.3 Å². The number of pyridine rings is 2. The second kappa shape index (κ2) is 9.55. The van der Waals surface area contributed by atoms with Crippen molar-refractivity contribution in [2.24, 2.45) is 0 Å². The first-order valence-corrected chi connectivity index (χ1v) is 11.5. The Labute approximate surface area is 208 Å². The van der Waals surface area contributed by atoms with Crippen molar-refractivity contribution in [3.8, 4) is 11.6 Å². The number of methoxy groups -OCH3 is 1. The Kier molecular flexibility index (Phi) is 6.15. The molecule has 0 radical (unpaired) electrons. The Hall–Kier alpha value is -4.24. The number of hydrogen-bond donors (Lipinski definition) is 2. The molecule has 8 nitrogen and oxygen atoms in total. The predicted molar refractivity (Wildman–Crippen MR) is 139 cm³/mol. The van der Waals surface area contributed by atoms with E-state index >= 15 is 0 Å². The number of rotatable bonds is 6. The van der Waals surface area contributed by atoms with Crippen LogP contribution in [0, 0.1) is 0 Å². The highest BCUT2D eigenvalue weighted by Crippen LogP contribution is 2.43. The van der Waals surface area contributed by atoms with Crippen molar-refractivity contribution < 1.29 is 9.53 Å². The molecule has 0 spiro atoms. The van der Waals surface area contributed by atoms with E-state index in [-0.39, 0.29) is 18.0 Å². The summed E-state index contributed by atoms with van der Waals surface area (Å²) in [6.45, 7) is 1.47. The standard InChI is InChI=1S/C26H24N6O2S/c1-17(33)29-20-16-18(11-12-22(20)34-2)32-25(24(30-26(32)35)19-8-3-5-13-27-19)21-9-7-15-31(21)23-10-4-6-14-28-23/h3-16,24-25H,1-2H3,(H,29,33)(H,30,35)/t24-,25-/m0/s1. The monoisotopic (exact) mass is 484 g/mol. The molecule has 176 valence electrons. The number of carbonyl (C=O) groups excluding carboxylic acids is 1. The molecular formula is C26H24N6O2S. The highest BCUT2D eigenvalue weighted by atomic mass is 32.1. The van der Waals surface area contributed by atoms with Gasteiger partial charge in [-0.1, -0.05) is 12.1 Å². The summed E-state index contributed by atoms with van der Waals surface area (Å²) in [5, 5.41) is 6.87. The first-order chi connectivity index (χ1) is 17.1. The lowest BCUT2D eigenvalue weighted by Gasteiger charge is -2.29. The normalized spacial score (nSPS) is 17.2. The maximum atomic E-state index is 11.8. The SMILES string of the molecule is COc1ccc(N2C(=S)N[C@@H](c3ccccn3)[C@@H]2c2cccn2-c2ccccn2)cc1NC(C)=O. The molecule has 1 fully saturated rings. The van der Waals surface area contributed by atoms with Crippen molar-refractivity contribution in [2.45, 2.75) is 19.0 Å². The summed E-state index contributed by atoms with van der Waals surface area (Å²) in [4.78, 5) is 23.0. The van der Waals surface area contributed by atoms with E-state index in [1.165, 1.54) is 6.92 Å². The fourth-order valence-electron chi connectivity index (χ4n) is 4.41. The third kappa shape index (κ3) is 4.33. The van der Waals surface area contributed by atoms with Crippen LogP contribution in [0.25, 0.3) is 5.82 Å². The lowest BCUT2D eigenvalue weighted by Crippen LogP contribution is -2.30. The van der Waals surface area contributed by atoms with Gasteiger partial charge in [0, 0.05) is 36.9 Å². The van der Waals surface area contributed by atoms with Crippen LogP contribution in [0.2, 0.25) is 0 Å². The molecule has 1 amide bonds. The number of thiocarbonyl (C=S) groups is 1. The lowest BCUT2D eigenvalue weighted by atomic mass is 10.0. The van der Waals surface area contributed by atoms with Gasteiger partial charge in [0.2, 0.25) is 5.91 Å². The summed E-state index contributed by atoms with van der Waals surface area (Å²) in [7, 11) is 1.57. The quantitative estimate of drug-likeness (QED) is 0.392. The second-order valence-corrected chi connectivity index (χ2v) is 8.44. The number of benzene rings is 1. The van der Waals surface area contributed by atoms with Crippen LogP contribution in [0.4, 0.5) is 11.4 Å². The number of ether oxygens (including phenoxy) is 1. The summed E-state index contributed by atoms with van der Waals surface area (Å²) >= 11 is 5.85. The number of nitrogens with one attached hydrogen (secondary N) is 2. The van der Waals surface area contributed by atoms with Crippen LogP contribution in [0.3, 0.4) is 0 Å². The highest BCUT2D eigenvalue weighted by Gasteiger charge is 2.42. The number of carbonyl (C=O) groups is 1. The van der Waals surface area contributed by atoms with Crippen LogP contribution < -0.4 is 20.3 Å². The predicted octanol–water partition coefficient (Wildman–Crippen LogP) is 4.41. The van der Waals surface area contributed by atoms with Gasteiger partial charge in [0.1, 0.15) is 17.6 Å². The second-order valence-electron chi connectivity index (χ2n) is 8.05. The molecule has 1 aliphatic rings. The molecule has 0 saturated carbocycles. The molecule has 5 rings (SSSR count). The average Bonchev–Trinajstić information content (AvgIpc) is 3.49. The van der Waals surface area contributed by atoms with Gasteiger partial charge in [-0.3, -0.25) is 9.78 Å². The molecule has 0 unspecified atom stereocenters. The smallest absolute Gasteiger partial charge is 0.221 e. The van der Waals surface area contributed by atoms with E-state index in [4.69, 9.17) is 17.0 Å². The Balaban J connectivity index is 1.66. The highest BCUT2D eigenvalue weighted by molar-refractivity contribution is 7.80. The number of aromatic nitrogens is 3. The van der Waals surface area contributed by atoms with Crippen molar-refractivity contribution >= 4 is 34.6 Å². The van der Waals surface area contributed by atoms with Crippen LogP contribution >= 0.6 is 12.2 Å². The summed E-state index contributed by atoms with van der Waals surface area (Å²) < 4.78 is 7.51. The summed E-state index contributed by atoms with van der Waals surface area (Å²) in [5.41, 5.74) is 3.24. The van der Waals surface area contributed by atoms with E-state index in [9.17, 15) is 4.79 Å². The largest absolute Gasteiger partial charge is 0.495 e. The van der Waals surface area contributed by atoms with E-state index in [0.29, 0.717) is 16.5 Å². The zero-order chi connectivity index (χ0) is 24.4. The van der Waals surface area contributed by atoms with Crippen molar-refractivity contribution in [1.82, 2.24) is 19.9 Å². The maximum Gasteiger partial charge on any atom is 0.221 e. The van der Waals surface area contributed by atoms with Gasteiger partial charge in [-0.2, -0.15) is 0 Å². The Morgan fingerprint density at radius 2 is 1.86 bits per heavy atom. The minimum atomic E-state index is -0.243. The van der Waals surface area contributed by atoms with E-state index in [2.05, 4.69) is 31.2 Å². The Bertz CT molecular complexity index is 1360. The minimum absolute atomic E-state index is 0.186. The molecule has 0 aliphatic carbocycles. The zero-order valence-electron chi connectivity index (χ0n) is 19.3. The fraction of sp³-hybridized carbons (Fsp3) is 0.154. The van der Waals surface area contributed by atoms with Gasteiger partial charge in [0.25, 0.3) is 0 Å². The number of anilines is 2. The zero-order valence-corrected chi connectivity index (χ0v) is 20.1. The van der Waals surface area contributed by atoms with E-state index in [0.717, 1.165) is 22.9 Å².